The molecule has 0 amide bonds. The van der Waals surface area contributed by atoms with Crippen LogP contribution in [0.4, 0.5) is 0 Å². The number of hydrogen-bond acceptors (Lipinski definition) is 2. The largest absolute Gasteiger partial charge is 0.379 e. The fourth-order valence-electron chi connectivity index (χ4n) is 2.50. The predicted octanol–water partition coefficient (Wildman–Crippen LogP) is 3.11. The summed E-state index contributed by atoms with van der Waals surface area (Å²) >= 11 is 0. The van der Waals surface area contributed by atoms with Gasteiger partial charge in [0.05, 0.1) is 17.6 Å². The fraction of sp³-hybridized carbons (Fsp3) is 0.533. The maximum absolute atomic E-state index is 9.45. The van der Waals surface area contributed by atoms with Crippen LogP contribution in [0.2, 0.25) is 0 Å². The highest BCUT2D eigenvalue weighted by Crippen LogP contribution is 2.39. The third kappa shape index (κ3) is 2.68. The van der Waals surface area contributed by atoms with Gasteiger partial charge < -0.3 is 4.74 Å². The van der Waals surface area contributed by atoms with Crippen molar-refractivity contribution in [3.8, 4) is 6.07 Å². The van der Waals surface area contributed by atoms with E-state index in [0.29, 0.717) is 6.61 Å². The first-order valence-corrected chi connectivity index (χ1v) is 6.25. The molecule has 0 spiro atoms. The Kier molecular flexibility index (Phi) is 3.49. The van der Waals surface area contributed by atoms with E-state index in [9.17, 15) is 5.26 Å². The Morgan fingerprint density at radius 2 is 1.88 bits per heavy atom. The van der Waals surface area contributed by atoms with Crippen molar-refractivity contribution in [3.05, 3.63) is 35.4 Å². The molecule has 1 aromatic rings. The summed E-state index contributed by atoms with van der Waals surface area (Å²) < 4.78 is 5.58. The van der Waals surface area contributed by atoms with E-state index in [0.717, 1.165) is 19.3 Å². The van der Waals surface area contributed by atoms with E-state index in [1.54, 1.807) is 0 Å². The summed E-state index contributed by atoms with van der Waals surface area (Å²) in [4.78, 5) is 0. The summed E-state index contributed by atoms with van der Waals surface area (Å²) in [5, 5.41) is 9.45. The Labute approximate surface area is 103 Å². The molecular weight excluding hydrogens is 210 g/mol. The monoisotopic (exact) mass is 229 g/mol. The molecular formula is C15H19NO. The molecule has 0 fully saturated rings. The first-order chi connectivity index (χ1) is 8.15. The average Bonchev–Trinajstić information content (AvgIpc) is 2.67. The lowest BCUT2D eigenvalue weighted by atomic mass is 9.83. The molecule has 0 heterocycles. The van der Waals surface area contributed by atoms with Gasteiger partial charge in [-0.2, -0.15) is 5.26 Å². The van der Waals surface area contributed by atoms with E-state index >= 15 is 0 Å². The molecule has 90 valence electrons. The highest BCUT2D eigenvalue weighted by atomic mass is 16.5. The van der Waals surface area contributed by atoms with E-state index in [1.165, 1.54) is 11.1 Å². The van der Waals surface area contributed by atoms with Gasteiger partial charge in [0.25, 0.3) is 0 Å². The molecule has 1 aromatic carbocycles. The number of benzene rings is 1. The van der Waals surface area contributed by atoms with Crippen LogP contribution in [0.5, 0.6) is 0 Å². The van der Waals surface area contributed by atoms with Crippen molar-refractivity contribution in [3.63, 3.8) is 0 Å². The zero-order valence-electron chi connectivity index (χ0n) is 10.6. The van der Waals surface area contributed by atoms with Crippen LogP contribution >= 0.6 is 0 Å². The second-order valence-corrected chi connectivity index (χ2v) is 5.18. The lowest BCUT2D eigenvalue weighted by Crippen LogP contribution is -2.22. The summed E-state index contributed by atoms with van der Waals surface area (Å²) in [5.41, 5.74) is 2.43. The SMILES string of the molecule is CC(C)OCCC1(C#N)Cc2ccccc2C1. The molecule has 0 saturated heterocycles. The van der Waals surface area contributed by atoms with Gasteiger partial charge in [-0.15, -0.1) is 0 Å². The highest BCUT2D eigenvalue weighted by Gasteiger charge is 2.36. The minimum Gasteiger partial charge on any atom is -0.379 e. The van der Waals surface area contributed by atoms with Gasteiger partial charge in [0.15, 0.2) is 0 Å². The van der Waals surface area contributed by atoms with Gasteiger partial charge in [-0.1, -0.05) is 24.3 Å². The number of nitriles is 1. The van der Waals surface area contributed by atoms with Gasteiger partial charge in [-0.05, 0) is 44.2 Å². The van der Waals surface area contributed by atoms with E-state index in [2.05, 4.69) is 30.3 Å². The maximum atomic E-state index is 9.45. The van der Waals surface area contributed by atoms with E-state index in [4.69, 9.17) is 4.74 Å². The number of ether oxygens (including phenoxy) is 1. The third-order valence-corrected chi connectivity index (χ3v) is 3.45. The van der Waals surface area contributed by atoms with Crippen molar-refractivity contribution < 1.29 is 4.74 Å². The van der Waals surface area contributed by atoms with Gasteiger partial charge in [-0.3, -0.25) is 0 Å². The zero-order chi connectivity index (χ0) is 12.3. The van der Waals surface area contributed by atoms with Gasteiger partial charge in [0.2, 0.25) is 0 Å². The van der Waals surface area contributed by atoms with Crippen molar-refractivity contribution >= 4 is 0 Å². The van der Waals surface area contributed by atoms with Gasteiger partial charge in [0.1, 0.15) is 0 Å². The summed E-state index contributed by atoms with van der Waals surface area (Å²) in [6.45, 7) is 4.74. The summed E-state index contributed by atoms with van der Waals surface area (Å²) in [7, 11) is 0. The summed E-state index contributed by atoms with van der Waals surface area (Å²) in [6, 6.07) is 10.9. The Morgan fingerprint density at radius 1 is 1.29 bits per heavy atom. The van der Waals surface area contributed by atoms with Crippen LogP contribution in [0.25, 0.3) is 0 Å². The van der Waals surface area contributed by atoms with Crippen LogP contribution in [0, 0.1) is 16.7 Å². The average molecular weight is 229 g/mol. The Balaban J connectivity index is 2.03. The minimum absolute atomic E-state index is 0.238. The first kappa shape index (κ1) is 12.1. The molecule has 1 aliphatic carbocycles. The second kappa shape index (κ2) is 4.89. The molecule has 0 bridgehead atoms. The normalized spacial score (nSPS) is 16.8. The Hall–Kier alpha value is -1.33. The van der Waals surface area contributed by atoms with Crippen LogP contribution in [-0.2, 0) is 17.6 Å². The Morgan fingerprint density at radius 3 is 2.35 bits per heavy atom. The third-order valence-electron chi connectivity index (χ3n) is 3.45. The molecule has 0 saturated carbocycles. The van der Waals surface area contributed by atoms with Crippen LogP contribution in [-0.4, -0.2) is 12.7 Å². The Bertz CT molecular complexity index is 406. The van der Waals surface area contributed by atoms with E-state index in [-0.39, 0.29) is 11.5 Å². The van der Waals surface area contributed by atoms with Crippen molar-refractivity contribution in [1.82, 2.24) is 0 Å². The summed E-state index contributed by atoms with van der Waals surface area (Å²) in [5.74, 6) is 0. The van der Waals surface area contributed by atoms with Gasteiger partial charge >= 0.3 is 0 Å². The van der Waals surface area contributed by atoms with Crippen LogP contribution in [0.3, 0.4) is 0 Å². The molecule has 2 nitrogen and oxygen atoms in total. The predicted molar refractivity (Wildman–Crippen MR) is 67.6 cm³/mol. The molecule has 0 radical (unpaired) electrons. The van der Waals surface area contributed by atoms with Crippen molar-refractivity contribution in [2.75, 3.05) is 6.61 Å². The van der Waals surface area contributed by atoms with Crippen LogP contribution < -0.4 is 0 Å². The van der Waals surface area contributed by atoms with Gasteiger partial charge in [0, 0.05) is 6.61 Å². The van der Waals surface area contributed by atoms with Crippen molar-refractivity contribution in [2.45, 2.75) is 39.2 Å². The molecule has 2 rings (SSSR count). The summed E-state index contributed by atoms with van der Waals surface area (Å²) in [6.07, 6.45) is 2.83. The van der Waals surface area contributed by atoms with Crippen LogP contribution in [0.15, 0.2) is 24.3 Å². The second-order valence-electron chi connectivity index (χ2n) is 5.18. The van der Waals surface area contributed by atoms with Crippen molar-refractivity contribution in [1.29, 1.82) is 5.26 Å². The molecule has 0 atom stereocenters. The molecule has 2 heteroatoms. The highest BCUT2D eigenvalue weighted by molar-refractivity contribution is 5.36. The molecule has 0 aliphatic heterocycles. The topological polar surface area (TPSA) is 33.0 Å². The standard InChI is InChI=1S/C15H19NO/c1-12(2)17-8-7-15(11-16)9-13-5-3-4-6-14(13)10-15/h3-6,12H,7-10H2,1-2H3. The molecule has 17 heavy (non-hydrogen) atoms. The lowest BCUT2D eigenvalue weighted by Gasteiger charge is -2.20. The van der Waals surface area contributed by atoms with Gasteiger partial charge in [-0.25, -0.2) is 0 Å². The fourth-order valence-corrected chi connectivity index (χ4v) is 2.50. The first-order valence-electron chi connectivity index (χ1n) is 6.25. The number of rotatable bonds is 4. The minimum atomic E-state index is -0.238. The number of nitrogens with zero attached hydrogens (tertiary/aromatic N) is 1. The lowest BCUT2D eigenvalue weighted by molar-refractivity contribution is 0.0617. The van der Waals surface area contributed by atoms with Crippen LogP contribution in [0.1, 0.15) is 31.4 Å². The van der Waals surface area contributed by atoms with E-state index in [1.807, 2.05) is 13.8 Å². The number of fused-ring (bicyclic) bond motifs is 1. The molecule has 1 aliphatic rings. The smallest absolute Gasteiger partial charge is 0.0697 e. The molecule has 0 aromatic heterocycles. The van der Waals surface area contributed by atoms with Crippen molar-refractivity contribution in [2.24, 2.45) is 5.41 Å². The number of hydrogen-bond donors (Lipinski definition) is 0. The van der Waals surface area contributed by atoms with E-state index < -0.39 is 0 Å². The maximum Gasteiger partial charge on any atom is 0.0697 e. The quantitative estimate of drug-likeness (QED) is 0.794. The molecule has 0 unspecified atom stereocenters. The zero-order valence-corrected chi connectivity index (χ0v) is 10.6. The molecule has 0 N–H and O–H groups in total.